The molecule has 90 valence electrons. The van der Waals surface area contributed by atoms with E-state index < -0.39 is 0 Å². The molecule has 0 amide bonds. The van der Waals surface area contributed by atoms with Gasteiger partial charge in [0.2, 0.25) is 0 Å². The molecular formula is C13H14ClNOS. The lowest BCUT2D eigenvalue weighted by atomic mass is 10.2. The summed E-state index contributed by atoms with van der Waals surface area (Å²) in [4.78, 5) is 4.46. The molecule has 17 heavy (non-hydrogen) atoms. The van der Waals surface area contributed by atoms with Gasteiger partial charge in [-0.25, -0.2) is 4.98 Å². The van der Waals surface area contributed by atoms with Crippen LogP contribution in [0.5, 0.6) is 5.75 Å². The van der Waals surface area contributed by atoms with Gasteiger partial charge in [-0.3, -0.25) is 0 Å². The molecule has 0 aliphatic rings. The first-order valence-electron chi connectivity index (χ1n) is 5.51. The Morgan fingerprint density at radius 2 is 2.24 bits per heavy atom. The van der Waals surface area contributed by atoms with E-state index >= 15 is 0 Å². The normalized spacial score (nSPS) is 10.5. The van der Waals surface area contributed by atoms with Gasteiger partial charge in [0.05, 0.1) is 10.7 Å². The Labute approximate surface area is 110 Å². The van der Waals surface area contributed by atoms with E-state index in [0.717, 1.165) is 28.4 Å². The maximum absolute atomic E-state index is 5.93. The molecular weight excluding hydrogens is 254 g/mol. The highest BCUT2D eigenvalue weighted by Gasteiger charge is 2.04. The van der Waals surface area contributed by atoms with Crippen LogP contribution in [0.15, 0.2) is 23.6 Å². The van der Waals surface area contributed by atoms with E-state index in [2.05, 4.69) is 11.9 Å². The van der Waals surface area contributed by atoms with E-state index in [1.165, 1.54) is 0 Å². The van der Waals surface area contributed by atoms with Crippen LogP contribution in [0.1, 0.15) is 23.2 Å². The summed E-state index contributed by atoms with van der Waals surface area (Å²) in [7, 11) is 0. The number of nitrogens with zero attached hydrogens (tertiary/aromatic N) is 1. The number of halogens is 1. The third kappa shape index (κ3) is 3.20. The fraction of sp³-hybridized carbons (Fsp3) is 0.308. The van der Waals surface area contributed by atoms with Crippen LogP contribution in [-0.2, 0) is 13.0 Å². The Morgan fingerprint density at radius 1 is 1.41 bits per heavy atom. The molecule has 2 nitrogen and oxygen atoms in total. The van der Waals surface area contributed by atoms with Crippen LogP contribution in [0.2, 0.25) is 5.02 Å². The third-order valence-electron chi connectivity index (χ3n) is 2.43. The molecule has 1 heterocycles. The Kier molecular flexibility index (Phi) is 4.02. The van der Waals surface area contributed by atoms with E-state index in [1.807, 2.05) is 30.5 Å². The monoisotopic (exact) mass is 267 g/mol. The molecule has 0 saturated heterocycles. The molecule has 0 bridgehead atoms. The maximum Gasteiger partial charge on any atom is 0.131 e. The fourth-order valence-electron chi connectivity index (χ4n) is 1.46. The van der Waals surface area contributed by atoms with E-state index in [0.29, 0.717) is 11.6 Å². The minimum atomic E-state index is 0.498. The van der Waals surface area contributed by atoms with Gasteiger partial charge in [-0.2, -0.15) is 0 Å². The quantitative estimate of drug-likeness (QED) is 0.826. The van der Waals surface area contributed by atoms with E-state index in [-0.39, 0.29) is 0 Å². The second-order valence-corrected chi connectivity index (χ2v) is 5.16. The second-order valence-electron chi connectivity index (χ2n) is 3.78. The van der Waals surface area contributed by atoms with Gasteiger partial charge in [-0.15, -0.1) is 11.3 Å². The number of aryl methyl sites for hydroxylation is 2. The molecule has 0 aliphatic carbocycles. The highest BCUT2D eigenvalue weighted by molar-refractivity contribution is 7.09. The number of ether oxygens (including phenoxy) is 1. The van der Waals surface area contributed by atoms with Gasteiger partial charge in [0.15, 0.2) is 0 Å². The predicted octanol–water partition coefficient (Wildman–Crippen LogP) is 4.25. The summed E-state index contributed by atoms with van der Waals surface area (Å²) in [5, 5.41) is 3.88. The van der Waals surface area contributed by atoms with Crippen molar-refractivity contribution in [1.82, 2.24) is 4.98 Å². The zero-order valence-corrected chi connectivity index (χ0v) is 11.4. The molecule has 0 unspecified atom stereocenters. The lowest BCUT2D eigenvalue weighted by Gasteiger charge is -2.07. The van der Waals surface area contributed by atoms with E-state index in [9.17, 15) is 0 Å². The molecule has 0 fully saturated rings. The van der Waals surface area contributed by atoms with Crippen LogP contribution in [0, 0.1) is 6.92 Å². The summed E-state index contributed by atoms with van der Waals surface area (Å²) < 4.78 is 5.72. The number of aromatic nitrogens is 1. The molecule has 2 rings (SSSR count). The van der Waals surface area contributed by atoms with Gasteiger partial charge in [0.25, 0.3) is 0 Å². The smallest absolute Gasteiger partial charge is 0.131 e. The first-order valence-corrected chi connectivity index (χ1v) is 6.77. The van der Waals surface area contributed by atoms with E-state index in [1.54, 1.807) is 11.3 Å². The molecule has 0 N–H and O–H groups in total. The molecule has 0 spiro atoms. The average Bonchev–Trinajstić information content (AvgIpc) is 2.78. The third-order valence-corrected chi connectivity index (χ3v) is 3.70. The Bertz CT molecular complexity index is 510. The number of benzene rings is 1. The highest BCUT2D eigenvalue weighted by Crippen LogP contribution is 2.23. The summed E-state index contributed by atoms with van der Waals surface area (Å²) in [5.41, 5.74) is 2.06. The minimum absolute atomic E-state index is 0.498. The van der Waals surface area contributed by atoms with Gasteiger partial charge in [-0.05, 0) is 31.0 Å². The molecule has 0 atom stereocenters. The van der Waals surface area contributed by atoms with Crippen molar-refractivity contribution in [3.63, 3.8) is 0 Å². The van der Waals surface area contributed by atoms with Gasteiger partial charge < -0.3 is 4.74 Å². The average molecular weight is 268 g/mol. The SMILES string of the molecule is CCc1nc(COc2cc(Cl)ccc2C)cs1. The number of hydrogen-bond acceptors (Lipinski definition) is 3. The van der Waals surface area contributed by atoms with Crippen molar-refractivity contribution in [2.45, 2.75) is 26.9 Å². The maximum atomic E-state index is 5.93. The predicted molar refractivity (Wildman–Crippen MR) is 72.0 cm³/mol. The van der Waals surface area contributed by atoms with Crippen molar-refractivity contribution in [2.24, 2.45) is 0 Å². The summed E-state index contributed by atoms with van der Waals surface area (Å²) in [6.07, 6.45) is 0.973. The molecule has 0 aliphatic heterocycles. The molecule has 1 aromatic heterocycles. The summed E-state index contributed by atoms with van der Waals surface area (Å²) in [5.74, 6) is 0.823. The van der Waals surface area contributed by atoms with Gasteiger partial charge in [0.1, 0.15) is 12.4 Å². The molecule has 4 heteroatoms. The van der Waals surface area contributed by atoms with Crippen LogP contribution in [0.25, 0.3) is 0 Å². The van der Waals surface area contributed by atoms with Crippen molar-refractivity contribution in [1.29, 1.82) is 0 Å². The van der Waals surface area contributed by atoms with Crippen LogP contribution < -0.4 is 4.74 Å². The zero-order valence-electron chi connectivity index (χ0n) is 9.87. The topological polar surface area (TPSA) is 22.1 Å². The minimum Gasteiger partial charge on any atom is -0.487 e. The van der Waals surface area contributed by atoms with Crippen molar-refractivity contribution in [3.05, 3.63) is 44.9 Å². The first kappa shape index (κ1) is 12.4. The standard InChI is InChI=1S/C13H14ClNOS/c1-3-13-15-11(8-17-13)7-16-12-6-10(14)5-4-9(12)2/h4-6,8H,3,7H2,1-2H3. The second kappa shape index (κ2) is 5.52. The summed E-state index contributed by atoms with van der Waals surface area (Å²) >= 11 is 7.61. The van der Waals surface area contributed by atoms with Crippen LogP contribution in [0.4, 0.5) is 0 Å². The van der Waals surface area contributed by atoms with Crippen LogP contribution in [0.3, 0.4) is 0 Å². The number of hydrogen-bond donors (Lipinski definition) is 0. The van der Waals surface area contributed by atoms with Crippen molar-refractivity contribution >= 4 is 22.9 Å². The van der Waals surface area contributed by atoms with Crippen LogP contribution in [-0.4, -0.2) is 4.98 Å². The number of thiazole rings is 1. The molecule has 0 saturated carbocycles. The lowest BCUT2D eigenvalue weighted by Crippen LogP contribution is -1.97. The summed E-state index contributed by atoms with van der Waals surface area (Å²) in [6.45, 7) is 4.60. The Hall–Kier alpha value is -1.06. The van der Waals surface area contributed by atoms with Gasteiger partial charge in [-0.1, -0.05) is 24.6 Å². The highest BCUT2D eigenvalue weighted by atomic mass is 35.5. The van der Waals surface area contributed by atoms with Crippen molar-refractivity contribution < 1.29 is 4.74 Å². The molecule has 0 radical (unpaired) electrons. The largest absolute Gasteiger partial charge is 0.487 e. The van der Waals surface area contributed by atoms with Gasteiger partial charge in [0, 0.05) is 10.4 Å². The molecule has 2 aromatic rings. The summed E-state index contributed by atoms with van der Waals surface area (Å²) in [6, 6.07) is 5.65. The first-order chi connectivity index (χ1) is 8.19. The molecule has 1 aromatic carbocycles. The zero-order chi connectivity index (χ0) is 12.3. The lowest BCUT2D eigenvalue weighted by molar-refractivity contribution is 0.300. The Balaban J connectivity index is 2.04. The van der Waals surface area contributed by atoms with Crippen molar-refractivity contribution in [2.75, 3.05) is 0 Å². The number of rotatable bonds is 4. The van der Waals surface area contributed by atoms with E-state index in [4.69, 9.17) is 16.3 Å². The fourth-order valence-corrected chi connectivity index (χ4v) is 2.35. The van der Waals surface area contributed by atoms with Crippen LogP contribution >= 0.6 is 22.9 Å². The van der Waals surface area contributed by atoms with Gasteiger partial charge >= 0.3 is 0 Å². The Morgan fingerprint density at radius 3 is 2.94 bits per heavy atom. The van der Waals surface area contributed by atoms with Crippen molar-refractivity contribution in [3.8, 4) is 5.75 Å².